The fourth-order valence-electron chi connectivity index (χ4n) is 4.01. The molecule has 0 radical (unpaired) electrons. The third-order valence-corrected chi connectivity index (χ3v) is 6.85. The third-order valence-electron chi connectivity index (χ3n) is 5.49. The Morgan fingerprint density at radius 2 is 2.04 bits per heavy atom. The van der Waals surface area contributed by atoms with Gasteiger partial charge in [0.15, 0.2) is 5.03 Å². The molecule has 2 aromatic rings. The molecule has 2 N–H and O–H groups in total. The van der Waals surface area contributed by atoms with Crippen molar-refractivity contribution in [3.63, 3.8) is 0 Å². The van der Waals surface area contributed by atoms with Crippen molar-refractivity contribution in [2.24, 2.45) is 0 Å². The maximum Gasteiger partial charge on any atom is 0.259 e. The van der Waals surface area contributed by atoms with E-state index in [2.05, 4.69) is 15.0 Å². The molecule has 1 aromatic carbocycles. The first kappa shape index (κ1) is 21.1. The summed E-state index contributed by atoms with van der Waals surface area (Å²) < 4.78 is 36.0. The smallest absolute Gasteiger partial charge is 0.259 e. The minimum absolute atomic E-state index is 0. The molecule has 2 aliphatic heterocycles. The Balaban J connectivity index is 0.00000225. The standard InChI is InChI=1S/C19H26N4O3S.ClH/c1-26-15-7-5-14(6-8-15)16-9-10-20-12-17(16)22-27(24,25)19-13-23-11-3-2-4-18(23)21-19;/h5-8,13,16-17,20,22H,2-4,9-12H2,1H3;1H. The highest BCUT2D eigenvalue weighted by molar-refractivity contribution is 7.89. The number of fused-ring (bicyclic) bond motifs is 1. The van der Waals surface area contributed by atoms with E-state index in [1.165, 1.54) is 0 Å². The van der Waals surface area contributed by atoms with Crippen LogP contribution in [0.3, 0.4) is 0 Å². The zero-order valence-electron chi connectivity index (χ0n) is 15.9. The van der Waals surface area contributed by atoms with Gasteiger partial charge in [-0.3, -0.25) is 0 Å². The summed E-state index contributed by atoms with van der Waals surface area (Å²) in [4.78, 5) is 4.38. The lowest BCUT2D eigenvalue weighted by Crippen LogP contribution is -2.49. The van der Waals surface area contributed by atoms with Gasteiger partial charge in [0.25, 0.3) is 10.0 Å². The number of nitrogens with zero attached hydrogens (tertiary/aromatic N) is 2. The summed E-state index contributed by atoms with van der Waals surface area (Å²) in [5.74, 6) is 1.78. The minimum Gasteiger partial charge on any atom is -0.497 e. The molecule has 0 bridgehead atoms. The van der Waals surface area contributed by atoms with Crippen molar-refractivity contribution in [3.8, 4) is 5.75 Å². The fraction of sp³-hybridized carbons (Fsp3) is 0.526. The number of aromatic nitrogens is 2. The summed E-state index contributed by atoms with van der Waals surface area (Å²) in [6, 6.07) is 7.67. The van der Waals surface area contributed by atoms with Gasteiger partial charge in [-0.25, -0.2) is 18.1 Å². The fourth-order valence-corrected chi connectivity index (χ4v) is 5.27. The molecule has 1 aromatic heterocycles. The number of ether oxygens (including phenoxy) is 1. The van der Waals surface area contributed by atoms with Crippen molar-refractivity contribution in [1.29, 1.82) is 0 Å². The second-order valence-electron chi connectivity index (χ2n) is 7.25. The van der Waals surface area contributed by atoms with Crippen LogP contribution >= 0.6 is 12.4 Å². The summed E-state index contributed by atoms with van der Waals surface area (Å²) in [5, 5.41) is 3.44. The van der Waals surface area contributed by atoms with Crippen LogP contribution in [0.2, 0.25) is 0 Å². The van der Waals surface area contributed by atoms with Crippen LogP contribution in [0.25, 0.3) is 0 Å². The van der Waals surface area contributed by atoms with E-state index >= 15 is 0 Å². The van der Waals surface area contributed by atoms with Crippen LogP contribution in [0.5, 0.6) is 5.75 Å². The molecule has 28 heavy (non-hydrogen) atoms. The number of sulfonamides is 1. The van der Waals surface area contributed by atoms with Gasteiger partial charge in [0.1, 0.15) is 11.6 Å². The third kappa shape index (κ3) is 4.35. The van der Waals surface area contributed by atoms with E-state index in [-0.39, 0.29) is 29.4 Å². The molecule has 0 spiro atoms. The highest BCUT2D eigenvalue weighted by Crippen LogP contribution is 2.28. The average Bonchev–Trinajstić information content (AvgIpc) is 3.14. The van der Waals surface area contributed by atoms with Crippen molar-refractivity contribution in [2.45, 2.75) is 49.2 Å². The number of benzene rings is 1. The number of rotatable bonds is 5. The van der Waals surface area contributed by atoms with E-state index in [9.17, 15) is 8.42 Å². The van der Waals surface area contributed by atoms with Gasteiger partial charge in [0.05, 0.1) is 7.11 Å². The highest BCUT2D eigenvalue weighted by atomic mass is 35.5. The molecule has 7 nitrogen and oxygen atoms in total. The van der Waals surface area contributed by atoms with Crippen molar-refractivity contribution < 1.29 is 13.2 Å². The minimum atomic E-state index is -3.65. The second kappa shape index (κ2) is 8.82. The summed E-state index contributed by atoms with van der Waals surface area (Å²) >= 11 is 0. The van der Waals surface area contributed by atoms with Crippen molar-refractivity contribution in [1.82, 2.24) is 19.6 Å². The van der Waals surface area contributed by atoms with Crippen LogP contribution in [-0.4, -0.2) is 44.2 Å². The lowest BCUT2D eigenvalue weighted by Gasteiger charge is -2.32. The number of imidazole rings is 1. The maximum absolute atomic E-state index is 13.0. The van der Waals surface area contributed by atoms with Gasteiger partial charge in [-0.15, -0.1) is 12.4 Å². The quantitative estimate of drug-likeness (QED) is 0.764. The number of hydrogen-bond donors (Lipinski definition) is 2. The molecule has 154 valence electrons. The van der Waals surface area contributed by atoms with Crippen molar-refractivity contribution in [2.75, 3.05) is 20.2 Å². The molecule has 1 saturated heterocycles. The predicted molar refractivity (Wildman–Crippen MR) is 110 cm³/mol. The van der Waals surface area contributed by atoms with Gasteiger partial charge in [0.2, 0.25) is 0 Å². The lowest BCUT2D eigenvalue weighted by atomic mass is 9.86. The Labute approximate surface area is 172 Å². The molecule has 0 aliphatic carbocycles. The van der Waals surface area contributed by atoms with Crippen LogP contribution in [0.15, 0.2) is 35.5 Å². The summed E-state index contributed by atoms with van der Waals surface area (Å²) in [5.41, 5.74) is 1.12. The second-order valence-corrected chi connectivity index (χ2v) is 8.91. The summed E-state index contributed by atoms with van der Waals surface area (Å²) in [6.45, 7) is 2.31. The molecule has 4 rings (SSSR count). The Morgan fingerprint density at radius 3 is 2.75 bits per heavy atom. The SMILES string of the molecule is COc1ccc(C2CCNCC2NS(=O)(=O)c2cn3c(n2)CCCC3)cc1.Cl. The molecular weight excluding hydrogens is 400 g/mol. The van der Waals surface area contributed by atoms with E-state index in [0.717, 1.165) is 55.9 Å². The topological polar surface area (TPSA) is 85.3 Å². The molecule has 1 fully saturated rings. The molecule has 2 atom stereocenters. The zero-order valence-corrected chi connectivity index (χ0v) is 17.6. The van der Waals surface area contributed by atoms with Crippen LogP contribution in [0, 0.1) is 0 Å². The van der Waals surface area contributed by atoms with E-state index in [1.54, 1.807) is 13.3 Å². The van der Waals surface area contributed by atoms with E-state index in [4.69, 9.17) is 4.74 Å². The summed E-state index contributed by atoms with van der Waals surface area (Å²) in [6.07, 6.45) is 5.53. The number of piperidine rings is 1. The Bertz CT molecular complexity index is 875. The molecule has 3 heterocycles. The van der Waals surface area contributed by atoms with Gasteiger partial charge >= 0.3 is 0 Å². The normalized spacial score (nSPS) is 22.2. The number of halogens is 1. The predicted octanol–water partition coefficient (Wildman–Crippen LogP) is 2.07. The van der Waals surface area contributed by atoms with Crippen LogP contribution < -0.4 is 14.8 Å². The van der Waals surface area contributed by atoms with Gasteiger partial charge < -0.3 is 14.6 Å². The first-order valence-corrected chi connectivity index (χ1v) is 11.0. The number of aryl methyl sites for hydroxylation is 2. The van der Waals surface area contributed by atoms with E-state index in [0.29, 0.717) is 6.54 Å². The molecule has 2 aliphatic rings. The molecule has 0 amide bonds. The maximum atomic E-state index is 13.0. The van der Waals surface area contributed by atoms with Crippen molar-refractivity contribution >= 4 is 22.4 Å². The average molecular weight is 427 g/mol. The largest absolute Gasteiger partial charge is 0.497 e. The van der Waals surface area contributed by atoms with Gasteiger partial charge in [0, 0.05) is 37.7 Å². The van der Waals surface area contributed by atoms with Crippen LogP contribution in [-0.2, 0) is 23.0 Å². The Morgan fingerprint density at radius 1 is 1.25 bits per heavy atom. The first-order chi connectivity index (χ1) is 13.1. The molecular formula is C19H27ClN4O3S. The molecule has 2 unspecified atom stereocenters. The number of methoxy groups -OCH3 is 1. The highest BCUT2D eigenvalue weighted by Gasteiger charge is 2.32. The zero-order chi connectivity index (χ0) is 18.9. The Hall–Kier alpha value is -1.61. The molecule has 9 heteroatoms. The first-order valence-electron chi connectivity index (χ1n) is 9.50. The van der Waals surface area contributed by atoms with Crippen LogP contribution in [0.1, 0.15) is 36.6 Å². The summed E-state index contributed by atoms with van der Waals surface area (Å²) in [7, 11) is -2.01. The van der Waals surface area contributed by atoms with Gasteiger partial charge in [-0.2, -0.15) is 0 Å². The number of hydrogen-bond acceptors (Lipinski definition) is 5. The number of nitrogens with one attached hydrogen (secondary N) is 2. The van der Waals surface area contributed by atoms with E-state index in [1.807, 2.05) is 28.8 Å². The molecule has 0 saturated carbocycles. The lowest BCUT2D eigenvalue weighted by molar-refractivity contribution is 0.377. The van der Waals surface area contributed by atoms with Crippen molar-refractivity contribution in [3.05, 3.63) is 41.9 Å². The van der Waals surface area contributed by atoms with Gasteiger partial charge in [-0.1, -0.05) is 12.1 Å². The Kier molecular flexibility index (Phi) is 6.65. The monoisotopic (exact) mass is 426 g/mol. The van der Waals surface area contributed by atoms with Crippen LogP contribution in [0.4, 0.5) is 0 Å². The van der Waals surface area contributed by atoms with Gasteiger partial charge in [-0.05, 0) is 43.5 Å². The van der Waals surface area contributed by atoms with E-state index < -0.39 is 10.0 Å².